The Bertz CT molecular complexity index is 746. The fraction of sp³-hybridized carbons (Fsp3) is 0.444. The van der Waals surface area contributed by atoms with Gasteiger partial charge in [0, 0.05) is 12.5 Å². The van der Waals surface area contributed by atoms with Crippen LogP contribution < -0.4 is 4.99 Å². The van der Waals surface area contributed by atoms with Gasteiger partial charge in [0.1, 0.15) is 0 Å². The monoisotopic (exact) mass is 327 g/mol. The molecule has 3 amide bonds. The summed E-state index contributed by atoms with van der Waals surface area (Å²) in [6.07, 6.45) is 0. The van der Waals surface area contributed by atoms with Gasteiger partial charge in [0.2, 0.25) is 5.92 Å². The zero-order chi connectivity index (χ0) is 18.1. The maximum Gasteiger partial charge on any atom is 0.417 e. The maximum absolute atomic E-state index is 12.2. The van der Waals surface area contributed by atoms with E-state index in [1.54, 1.807) is 7.05 Å². The van der Waals surface area contributed by atoms with Gasteiger partial charge in [-0.05, 0) is 12.5 Å². The second-order valence-corrected chi connectivity index (χ2v) is 6.79. The molecule has 0 saturated carbocycles. The molecule has 0 bridgehead atoms. The van der Waals surface area contributed by atoms with Crippen molar-refractivity contribution in [2.75, 3.05) is 20.6 Å². The zero-order valence-electron chi connectivity index (χ0n) is 14.8. The molecule has 6 nitrogen and oxygen atoms in total. The molecule has 0 aliphatic carbocycles. The minimum atomic E-state index is -0.994. The van der Waals surface area contributed by atoms with E-state index in [-0.39, 0.29) is 5.41 Å². The highest BCUT2D eigenvalue weighted by atomic mass is 16.2. The van der Waals surface area contributed by atoms with Crippen molar-refractivity contribution in [1.29, 1.82) is 5.26 Å². The van der Waals surface area contributed by atoms with E-state index in [0.29, 0.717) is 12.4 Å². The van der Waals surface area contributed by atoms with Crippen LogP contribution in [-0.2, 0) is 10.2 Å². The number of amides is 3. The molecule has 1 aromatic carbocycles. The fourth-order valence-corrected chi connectivity index (χ4v) is 2.74. The van der Waals surface area contributed by atoms with Crippen molar-refractivity contribution in [2.24, 2.45) is 5.92 Å². The standard InChI is InChI=1S/C18H22N4O2/c1-12-7-6-8-13(9-12)18(2,3)11-20-15-14(10-19)16(23)22(5)17(24)21(15)4/h6-9,14H,11H2,1-5H3/p+1. The lowest BCUT2D eigenvalue weighted by Crippen LogP contribution is -2.83. The first-order valence-electron chi connectivity index (χ1n) is 7.82. The van der Waals surface area contributed by atoms with Gasteiger partial charge < -0.3 is 0 Å². The van der Waals surface area contributed by atoms with E-state index in [9.17, 15) is 14.9 Å². The molecule has 0 spiro atoms. The van der Waals surface area contributed by atoms with Gasteiger partial charge in [-0.3, -0.25) is 9.79 Å². The number of hydrogen-bond acceptors (Lipinski definition) is 3. The van der Waals surface area contributed by atoms with E-state index in [0.717, 1.165) is 10.5 Å². The Hall–Kier alpha value is -2.68. The molecule has 126 valence electrons. The summed E-state index contributed by atoms with van der Waals surface area (Å²) in [5.41, 5.74) is 2.09. The van der Waals surface area contributed by atoms with Gasteiger partial charge in [-0.1, -0.05) is 43.7 Å². The minimum Gasteiger partial charge on any atom is -0.275 e. The molecule has 1 saturated heterocycles. The van der Waals surface area contributed by atoms with Crippen LogP contribution in [0.15, 0.2) is 24.3 Å². The SMILES string of the molecule is Cc1cccc(C(C)(C)C[NH+]=C2C(C#N)C(=O)N(C)C(=O)N2C)c1. The van der Waals surface area contributed by atoms with Crippen LogP contribution in [0.2, 0.25) is 0 Å². The number of imide groups is 1. The Balaban J connectivity index is 2.33. The summed E-state index contributed by atoms with van der Waals surface area (Å²) in [6, 6.07) is 9.75. The van der Waals surface area contributed by atoms with Crippen molar-refractivity contribution in [3.8, 4) is 6.07 Å². The van der Waals surface area contributed by atoms with Crippen LogP contribution >= 0.6 is 0 Å². The van der Waals surface area contributed by atoms with Crippen LogP contribution in [0.1, 0.15) is 25.0 Å². The van der Waals surface area contributed by atoms with Gasteiger partial charge in [-0.25, -0.2) is 9.69 Å². The third-order valence-corrected chi connectivity index (χ3v) is 4.43. The molecular weight excluding hydrogens is 304 g/mol. The van der Waals surface area contributed by atoms with Gasteiger partial charge in [-0.15, -0.1) is 0 Å². The summed E-state index contributed by atoms with van der Waals surface area (Å²) in [5.74, 6) is -1.16. The molecular formula is C18H23N4O2+. The molecule has 1 aliphatic heterocycles. The lowest BCUT2D eigenvalue weighted by Gasteiger charge is -2.28. The van der Waals surface area contributed by atoms with Gasteiger partial charge in [0.05, 0.1) is 19.7 Å². The number of nitrogens with one attached hydrogen (secondary N) is 1. The zero-order valence-corrected chi connectivity index (χ0v) is 14.8. The minimum absolute atomic E-state index is 0.227. The Morgan fingerprint density at radius 1 is 1.25 bits per heavy atom. The first-order valence-corrected chi connectivity index (χ1v) is 7.82. The quantitative estimate of drug-likeness (QED) is 0.874. The Morgan fingerprint density at radius 2 is 1.92 bits per heavy atom. The van der Waals surface area contributed by atoms with Gasteiger partial charge >= 0.3 is 6.03 Å². The van der Waals surface area contributed by atoms with Crippen LogP contribution in [0.25, 0.3) is 0 Å². The molecule has 1 atom stereocenters. The molecule has 1 fully saturated rings. The van der Waals surface area contributed by atoms with Crippen molar-refractivity contribution in [2.45, 2.75) is 26.2 Å². The Kier molecular flexibility index (Phi) is 4.74. The predicted octanol–water partition coefficient (Wildman–Crippen LogP) is 0.415. The average Bonchev–Trinajstić information content (AvgIpc) is 2.55. The van der Waals surface area contributed by atoms with Gasteiger partial charge in [0.25, 0.3) is 11.7 Å². The second-order valence-electron chi connectivity index (χ2n) is 6.79. The third-order valence-electron chi connectivity index (χ3n) is 4.43. The number of carbonyl (C=O) groups excluding carboxylic acids is 2. The molecule has 6 heteroatoms. The van der Waals surface area contributed by atoms with E-state index in [1.807, 2.05) is 25.1 Å². The number of carbonyl (C=O) groups is 2. The summed E-state index contributed by atoms with van der Waals surface area (Å²) < 4.78 is 0. The number of urea groups is 1. The summed E-state index contributed by atoms with van der Waals surface area (Å²) in [7, 11) is 2.95. The number of hydrogen-bond donors (Lipinski definition) is 1. The number of benzene rings is 1. The van der Waals surface area contributed by atoms with Crippen LogP contribution in [0, 0.1) is 24.2 Å². The summed E-state index contributed by atoms with van der Waals surface area (Å²) in [6.45, 7) is 6.69. The topological polar surface area (TPSA) is 78.4 Å². The molecule has 24 heavy (non-hydrogen) atoms. The van der Waals surface area contributed by atoms with Crippen LogP contribution in [-0.4, -0.2) is 48.2 Å². The highest BCUT2D eigenvalue weighted by Gasteiger charge is 2.47. The first-order chi connectivity index (χ1) is 11.2. The van der Waals surface area contributed by atoms with Crippen molar-refractivity contribution in [3.63, 3.8) is 0 Å². The van der Waals surface area contributed by atoms with Crippen LogP contribution in [0.4, 0.5) is 4.79 Å². The normalized spacial score (nSPS) is 20.5. The molecule has 1 heterocycles. The lowest BCUT2D eigenvalue weighted by atomic mass is 9.84. The maximum atomic E-state index is 12.2. The Labute approximate surface area is 142 Å². The molecule has 2 rings (SSSR count). The molecule has 1 aromatic rings. The van der Waals surface area contributed by atoms with Crippen LogP contribution in [0.3, 0.4) is 0 Å². The molecule has 1 unspecified atom stereocenters. The van der Waals surface area contributed by atoms with E-state index < -0.39 is 17.9 Å². The number of amidine groups is 1. The van der Waals surface area contributed by atoms with Crippen molar-refractivity contribution < 1.29 is 14.6 Å². The average molecular weight is 327 g/mol. The van der Waals surface area contributed by atoms with Crippen molar-refractivity contribution in [3.05, 3.63) is 35.4 Å². The van der Waals surface area contributed by atoms with Crippen LogP contribution in [0.5, 0.6) is 0 Å². The highest BCUT2D eigenvalue weighted by molar-refractivity contribution is 6.17. The molecule has 1 N–H and O–H groups in total. The smallest absolute Gasteiger partial charge is 0.275 e. The second kappa shape index (κ2) is 6.44. The van der Waals surface area contributed by atoms with E-state index in [1.165, 1.54) is 17.5 Å². The summed E-state index contributed by atoms with van der Waals surface area (Å²) in [5, 5.41) is 9.34. The largest absolute Gasteiger partial charge is 0.417 e. The highest BCUT2D eigenvalue weighted by Crippen LogP contribution is 2.22. The summed E-state index contributed by atoms with van der Waals surface area (Å²) in [4.78, 5) is 29.7. The molecule has 1 aliphatic rings. The van der Waals surface area contributed by atoms with E-state index in [2.05, 4.69) is 31.0 Å². The number of nitrogens with zero attached hydrogens (tertiary/aromatic N) is 3. The molecule has 0 aromatic heterocycles. The number of aryl methyl sites for hydroxylation is 1. The fourth-order valence-electron chi connectivity index (χ4n) is 2.74. The van der Waals surface area contributed by atoms with E-state index in [4.69, 9.17) is 0 Å². The predicted molar refractivity (Wildman–Crippen MR) is 90.1 cm³/mol. The lowest BCUT2D eigenvalue weighted by molar-refractivity contribution is -0.474. The third kappa shape index (κ3) is 3.16. The van der Waals surface area contributed by atoms with Gasteiger partial charge in [-0.2, -0.15) is 10.2 Å². The van der Waals surface area contributed by atoms with Crippen molar-refractivity contribution in [1.82, 2.24) is 9.80 Å². The molecule has 0 radical (unpaired) electrons. The number of rotatable bonds is 3. The van der Waals surface area contributed by atoms with Gasteiger partial charge in [0.15, 0.2) is 0 Å². The summed E-state index contributed by atoms with van der Waals surface area (Å²) >= 11 is 0. The number of nitriles is 1. The van der Waals surface area contributed by atoms with Crippen molar-refractivity contribution >= 4 is 17.8 Å². The first kappa shape index (κ1) is 17.7. The Morgan fingerprint density at radius 3 is 2.50 bits per heavy atom. The van der Waals surface area contributed by atoms with E-state index >= 15 is 0 Å².